The van der Waals surface area contributed by atoms with Crippen LogP contribution in [-0.4, -0.2) is 23.4 Å². The van der Waals surface area contributed by atoms with Gasteiger partial charge in [0.05, 0.1) is 25.6 Å². The Bertz CT molecular complexity index is 1340. The molecule has 4 rings (SSSR count). The van der Waals surface area contributed by atoms with Gasteiger partial charge in [-0.1, -0.05) is 31.5 Å². The molecule has 168 valence electrons. The van der Waals surface area contributed by atoms with E-state index in [-0.39, 0.29) is 11.1 Å². The van der Waals surface area contributed by atoms with Crippen molar-refractivity contribution in [3.8, 4) is 22.8 Å². The van der Waals surface area contributed by atoms with E-state index in [4.69, 9.17) is 14.5 Å². The van der Waals surface area contributed by atoms with Crippen LogP contribution in [0.25, 0.3) is 11.3 Å². The molecule has 0 atom stereocenters. The van der Waals surface area contributed by atoms with Crippen LogP contribution in [0, 0.1) is 20.8 Å². The van der Waals surface area contributed by atoms with Crippen molar-refractivity contribution < 1.29 is 9.47 Å². The minimum Gasteiger partial charge on any atom is -0.493 e. The van der Waals surface area contributed by atoms with Gasteiger partial charge in [0.15, 0.2) is 11.5 Å². The lowest BCUT2D eigenvalue weighted by Gasteiger charge is -2.35. The molecule has 0 saturated heterocycles. The molecule has 0 N–H and O–H groups in total. The Hall–Kier alpha value is -3.28. The maximum Gasteiger partial charge on any atom is 0.329 e. The molecule has 0 unspecified atom stereocenters. The first-order valence-corrected chi connectivity index (χ1v) is 10.8. The third-order valence-electron chi connectivity index (χ3n) is 6.36. The molecule has 0 bridgehead atoms. The summed E-state index contributed by atoms with van der Waals surface area (Å²) in [5.41, 5.74) is 7.49. The molecule has 0 aliphatic carbocycles. The van der Waals surface area contributed by atoms with Crippen LogP contribution in [0.1, 0.15) is 36.1 Å². The van der Waals surface area contributed by atoms with E-state index in [1.807, 2.05) is 22.8 Å². The van der Waals surface area contributed by atoms with Crippen LogP contribution in [0.4, 0.5) is 5.69 Å². The minimum absolute atomic E-state index is 0.0859. The molecule has 2 aromatic carbocycles. The second kappa shape index (κ2) is 7.69. The number of hydrogen-bond donors (Lipinski definition) is 0. The summed E-state index contributed by atoms with van der Waals surface area (Å²) in [5, 5.41) is 0. The Morgan fingerprint density at radius 2 is 1.53 bits per heavy atom. The summed E-state index contributed by atoms with van der Waals surface area (Å²) in [5.74, 6) is 1.33. The molecule has 3 aromatic rings. The molecule has 6 heteroatoms. The number of benzene rings is 2. The topological polar surface area (TPSA) is 57.8 Å². The predicted octanol–water partition coefficient (Wildman–Crippen LogP) is 4.32. The van der Waals surface area contributed by atoms with Crippen molar-refractivity contribution in [1.29, 1.82) is 0 Å². The van der Waals surface area contributed by atoms with Gasteiger partial charge < -0.3 is 9.47 Å². The lowest BCUT2D eigenvalue weighted by atomic mass is 9.78. The lowest BCUT2D eigenvalue weighted by molar-refractivity contribution is 0.350. The highest BCUT2D eigenvalue weighted by atomic mass is 16.5. The number of aryl methyl sites for hydroxylation is 3. The summed E-state index contributed by atoms with van der Waals surface area (Å²) in [7, 11) is 5.05. The monoisotopic (exact) mass is 433 g/mol. The van der Waals surface area contributed by atoms with Crippen molar-refractivity contribution in [2.24, 2.45) is 12.0 Å². The van der Waals surface area contributed by atoms with Gasteiger partial charge in [0, 0.05) is 30.6 Å². The van der Waals surface area contributed by atoms with Gasteiger partial charge >= 0.3 is 5.69 Å². The summed E-state index contributed by atoms with van der Waals surface area (Å²) in [6.07, 6.45) is 0. The van der Waals surface area contributed by atoms with Crippen molar-refractivity contribution in [3.63, 3.8) is 0 Å². The first-order chi connectivity index (χ1) is 15.1. The molecule has 1 aromatic heterocycles. The molecule has 0 radical (unpaired) electrons. The first-order valence-electron chi connectivity index (χ1n) is 10.8. The highest BCUT2D eigenvalue weighted by Crippen LogP contribution is 2.44. The van der Waals surface area contributed by atoms with Gasteiger partial charge in [-0.05, 0) is 49.6 Å². The fraction of sp³-hybridized carbons (Fsp3) is 0.385. The summed E-state index contributed by atoms with van der Waals surface area (Å²) in [6, 6.07) is 10.2. The maximum absolute atomic E-state index is 13.4. The molecule has 1 aliphatic rings. The SMILES string of the molecule is COc1cc2c(cc1OC)C(C)(C)Cn1c-2c/c(=N/c2c(C)cc(C)cc2C)n(C)c1=O. The van der Waals surface area contributed by atoms with Crippen LogP contribution < -0.4 is 20.7 Å². The third-order valence-corrected chi connectivity index (χ3v) is 6.36. The molecule has 32 heavy (non-hydrogen) atoms. The normalized spacial score (nSPS) is 14.7. The zero-order chi connectivity index (χ0) is 23.4. The van der Waals surface area contributed by atoms with E-state index < -0.39 is 0 Å². The quantitative estimate of drug-likeness (QED) is 0.618. The zero-order valence-electron chi connectivity index (χ0n) is 20.2. The van der Waals surface area contributed by atoms with Gasteiger partial charge in [0.1, 0.15) is 5.49 Å². The van der Waals surface area contributed by atoms with Gasteiger partial charge in [-0.2, -0.15) is 0 Å². The third kappa shape index (κ3) is 3.44. The van der Waals surface area contributed by atoms with Crippen molar-refractivity contribution in [3.05, 3.63) is 68.6 Å². The number of hydrogen-bond acceptors (Lipinski definition) is 4. The van der Waals surface area contributed by atoms with Crippen LogP contribution in [0.5, 0.6) is 11.5 Å². The second-order valence-corrected chi connectivity index (χ2v) is 9.31. The standard InChI is InChI=1S/C26H31N3O3/c1-15-9-16(2)24(17(3)10-15)27-23-13-20-18-11-21(31-7)22(32-8)12-19(18)26(4,5)14-29(20)25(30)28(23)6/h9-13H,14H2,1-8H3/b27-23-. The molecule has 0 fully saturated rings. The maximum atomic E-state index is 13.4. The van der Waals surface area contributed by atoms with E-state index in [0.29, 0.717) is 23.5 Å². The Kier molecular flexibility index (Phi) is 5.27. The van der Waals surface area contributed by atoms with E-state index in [9.17, 15) is 4.79 Å². The van der Waals surface area contributed by atoms with Crippen LogP contribution >= 0.6 is 0 Å². The molecule has 2 heterocycles. The van der Waals surface area contributed by atoms with E-state index in [1.165, 1.54) is 5.56 Å². The number of fused-ring (bicyclic) bond motifs is 3. The number of rotatable bonds is 3. The molecular weight excluding hydrogens is 402 g/mol. The van der Waals surface area contributed by atoms with Crippen molar-refractivity contribution in [1.82, 2.24) is 9.13 Å². The second-order valence-electron chi connectivity index (χ2n) is 9.31. The summed E-state index contributed by atoms with van der Waals surface area (Å²) in [4.78, 5) is 18.4. The Labute approximate surface area is 188 Å². The first kappa shape index (κ1) is 21.9. The molecule has 0 amide bonds. The molecule has 6 nitrogen and oxygen atoms in total. The Morgan fingerprint density at radius 3 is 2.12 bits per heavy atom. The Balaban J connectivity index is 2.06. The summed E-state index contributed by atoms with van der Waals surface area (Å²) >= 11 is 0. The van der Waals surface area contributed by atoms with E-state index in [2.05, 4.69) is 46.8 Å². The van der Waals surface area contributed by atoms with E-state index >= 15 is 0 Å². The highest BCUT2D eigenvalue weighted by Gasteiger charge is 2.33. The molecule has 1 aliphatic heterocycles. The number of nitrogens with zero attached hydrogens (tertiary/aromatic N) is 3. The van der Waals surface area contributed by atoms with Crippen molar-refractivity contribution in [2.75, 3.05) is 14.2 Å². The fourth-order valence-electron chi connectivity index (χ4n) is 4.76. The predicted molar refractivity (Wildman–Crippen MR) is 127 cm³/mol. The summed E-state index contributed by atoms with van der Waals surface area (Å²) < 4.78 is 14.6. The van der Waals surface area contributed by atoms with E-state index in [0.717, 1.165) is 33.6 Å². The van der Waals surface area contributed by atoms with Crippen LogP contribution in [-0.2, 0) is 19.0 Å². The molecule has 0 spiro atoms. The minimum atomic E-state index is -0.249. The van der Waals surface area contributed by atoms with Gasteiger partial charge in [-0.25, -0.2) is 9.79 Å². The van der Waals surface area contributed by atoms with E-state index in [1.54, 1.807) is 25.8 Å². The smallest absolute Gasteiger partial charge is 0.329 e. The van der Waals surface area contributed by atoms with Gasteiger partial charge in [0.2, 0.25) is 0 Å². The summed E-state index contributed by atoms with van der Waals surface area (Å²) in [6.45, 7) is 11.0. The number of methoxy groups -OCH3 is 2. The van der Waals surface area contributed by atoms with Crippen LogP contribution in [0.3, 0.4) is 0 Å². The number of aromatic nitrogens is 2. The largest absolute Gasteiger partial charge is 0.493 e. The highest BCUT2D eigenvalue weighted by molar-refractivity contribution is 5.72. The fourth-order valence-corrected chi connectivity index (χ4v) is 4.76. The number of ether oxygens (including phenoxy) is 2. The molecular formula is C26H31N3O3. The Morgan fingerprint density at radius 1 is 0.938 bits per heavy atom. The van der Waals surface area contributed by atoms with Gasteiger partial charge in [0.25, 0.3) is 0 Å². The van der Waals surface area contributed by atoms with Gasteiger partial charge in [-0.15, -0.1) is 0 Å². The lowest BCUT2D eigenvalue weighted by Crippen LogP contribution is -2.44. The van der Waals surface area contributed by atoms with Crippen molar-refractivity contribution in [2.45, 2.75) is 46.6 Å². The van der Waals surface area contributed by atoms with Crippen LogP contribution in [0.2, 0.25) is 0 Å². The average Bonchev–Trinajstić information content (AvgIpc) is 2.73. The average molecular weight is 434 g/mol. The van der Waals surface area contributed by atoms with Crippen LogP contribution in [0.15, 0.2) is 40.1 Å². The zero-order valence-corrected chi connectivity index (χ0v) is 20.2. The van der Waals surface area contributed by atoms with Gasteiger partial charge in [-0.3, -0.25) is 9.13 Å². The van der Waals surface area contributed by atoms with Crippen molar-refractivity contribution >= 4 is 5.69 Å². The molecule has 0 saturated carbocycles.